The summed E-state index contributed by atoms with van der Waals surface area (Å²) in [5, 5.41) is 10.8. The molecule has 110 valence electrons. The number of ether oxygens (including phenoxy) is 1. The van der Waals surface area contributed by atoms with Gasteiger partial charge in [-0.25, -0.2) is 0 Å². The highest BCUT2D eigenvalue weighted by atomic mass is 16.5. The van der Waals surface area contributed by atoms with Gasteiger partial charge in [-0.2, -0.15) is 0 Å². The molecule has 0 heterocycles. The number of hydrogen-bond donors (Lipinski definition) is 1. The Morgan fingerprint density at radius 3 is 2.37 bits per heavy atom. The smallest absolute Gasteiger partial charge is 0.0936 e. The summed E-state index contributed by atoms with van der Waals surface area (Å²) in [7, 11) is 1.81. The van der Waals surface area contributed by atoms with Crippen LogP contribution in [-0.2, 0) is 4.74 Å². The maximum Gasteiger partial charge on any atom is 0.0936 e. The molecule has 3 fully saturated rings. The molecule has 0 radical (unpaired) electrons. The lowest BCUT2D eigenvalue weighted by molar-refractivity contribution is -0.120. The molecule has 0 aliphatic heterocycles. The molecule has 1 N–H and O–H groups in total. The van der Waals surface area contributed by atoms with Gasteiger partial charge in [0.1, 0.15) is 0 Å². The first-order valence-corrected chi connectivity index (χ1v) is 8.47. The zero-order valence-electron chi connectivity index (χ0n) is 12.4. The molecular formula is C17H30O2. The van der Waals surface area contributed by atoms with Crippen molar-refractivity contribution in [1.29, 1.82) is 0 Å². The summed E-state index contributed by atoms with van der Waals surface area (Å²) in [4.78, 5) is 0. The van der Waals surface area contributed by atoms with Gasteiger partial charge in [-0.1, -0.05) is 32.1 Å². The number of rotatable bonds is 4. The second-order valence-corrected chi connectivity index (χ2v) is 7.37. The second-order valence-electron chi connectivity index (χ2n) is 7.37. The number of aliphatic hydroxyl groups is 1. The van der Waals surface area contributed by atoms with Crippen LogP contribution >= 0.6 is 0 Å². The predicted octanol–water partition coefficient (Wildman–Crippen LogP) is 3.91. The zero-order chi connectivity index (χ0) is 13.3. The SMILES string of the molecule is COC1(C(O)CC2CC3CCC2C3)CCCCCC1. The van der Waals surface area contributed by atoms with Crippen molar-refractivity contribution in [3.05, 3.63) is 0 Å². The Morgan fingerprint density at radius 1 is 1.11 bits per heavy atom. The fourth-order valence-electron chi connectivity index (χ4n) is 5.17. The van der Waals surface area contributed by atoms with Crippen molar-refractivity contribution in [3.8, 4) is 0 Å². The van der Waals surface area contributed by atoms with E-state index in [1.165, 1.54) is 51.4 Å². The molecule has 0 aromatic rings. The molecule has 0 spiro atoms. The first-order valence-electron chi connectivity index (χ1n) is 8.47. The van der Waals surface area contributed by atoms with Crippen LogP contribution in [0.4, 0.5) is 0 Å². The third-order valence-corrected chi connectivity index (χ3v) is 6.37. The van der Waals surface area contributed by atoms with Gasteiger partial charge in [-0.05, 0) is 56.3 Å². The minimum Gasteiger partial charge on any atom is -0.390 e. The van der Waals surface area contributed by atoms with Crippen molar-refractivity contribution in [3.63, 3.8) is 0 Å². The van der Waals surface area contributed by atoms with E-state index in [9.17, 15) is 5.11 Å². The molecule has 3 rings (SSSR count). The third-order valence-electron chi connectivity index (χ3n) is 6.37. The molecule has 0 amide bonds. The predicted molar refractivity (Wildman–Crippen MR) is 77.0 cm³/mol. The third kappa shape index (κ3) is 2.71. The number of hydrogen-bond acceptors (Lipinski definition) is 2. The number of fused-ring (bicyclic) bond motifs is 2. The van der Waals surface area contributed by atoms with Crippen LogP contribution in [0.25, 0.3) is 0 Å². The van der Waals surface area contributed by atoms with Gasteiger partial charge in [0.2, 0.25) is 0 Å². The Labute approximate surface area is 117 Å². The Kier molecular flexibility index (Phi) is 4.19. The van der Waals surface area contributed by atoms with Gasteiger partial charge in [-0.15, -0.1) is 0 Å². The number of aliphatic hydroxyl groups excluding tert-OH is 1. The van der Waals surface area contributed by atoms with E-state index in [0.717, 1.165) is 37.0 Å². The summed E-state index contributed by atoms with van der Waals surface area (Å²) in [6, 6.07) is 0. The van der Waals surface area contributed by atoms with E-state index in [-0.39, 0.29) is 11.7 Å². The molecular weight excluding hydrogens is 236 g/mol. The molecule has 0 saturated heterocycles. The highest BCUT2D eigenvalue weighted by molar-refractivity contribution is 4.96. The average Bonchev–Trinajstić information content (AvgIpc) is 2.94. The molecule has 2 heteroatoms. The van der Waals surface area contributed by atoms with Crippen LogP contribution in [0.2, 0.25) is 0 Å². The van der Waals surface area contributed by atoms with Crippen LogP contribution in [0.5, 0.6) is 0 Å². The van der Waals surface area contributed by atoms with Crippen LogP contribution in [-0.4, -0.2) is 23.9 Å². The minimum atomic E-state index is -0.236. The van der Waals surface area contributed by atoms with Crippen LogP contribution in [0.3, 0.4) is 0 Å². The van der Waals surface area contributed by atoms with E-state index in [1.807, 2.05) is 7.11 Å². The molecule has 0 aromatic heterocycles. The minimum absolute atomic E-state index is 0.224. The Balaban J connectivity index is 1.62. The quantitative estimate of drug-likeness (QED) is 0.782. The van der Waals surface area contributed by atoms with Crippen molar-refractivity contribution >= 4 is 0 Å². The van der Waals surface area contributed by atoms with Gasteiger partial charge in [-0.3, -0.25) is 0 Å². The molecule has 2 nitrogen and oxygen atoms in total. The van der Waals surface area contributed by atoms with Gasteiger partial charge in [0.15, 0.2) is 0 Å². The largest absolute Gasteiger partial charge is 0.390 e. The molecule has 4 atom stereocenters. The highest BCUT2D eigenvalue weighted by Crippen LogP contribution is 2.51. The van der Waals surface area contributed by atoms with Crippen molar-refractivity contribution < 1.29 is 9.84 Å². The summed E-state index contributed by atoms with van der Waals surface area (Å²) >= 11 is 0. The lowest BCUT2D eigenvalue weighted by atomic mass is 9.78. The van der Waals surface area contributed by atoms with Crippen molar-refractivity contribution in [2.75, 3.05) is 7.11 Å². The lowest BCUT2D eigenvalue weighted by Crippen LogP contribution is -2.45. The maximum absolute atomic E-state index is 10.8. The molecule has 3 aliphatic carbocycles. The van der Waals surface area contributed by atoms with Gasteiger partial charge < -0.3 is 9.84 Å². The van der Waals surface area contributed by atoms with E-state index >= 15 is 0 Å². The zero-order valence-corrected chi connectivity index (χ0v) is 12.4. The summed E-state index contributed by atoms with van der Waals surface area (Å²) in [6.07, 6.45) is 13.6. The van der Waals surface area contributed by atoms with Crippen molar-refractivity contribution in [2.24, 2.45) is 17.8 Å². The first kappa shape index (κ1) is 13.9. The first-order chi connectivity index (χ1) is 9.23. The Morgan fingerprint density at radius 2 is 1.84 bits per heavy atom. The van der Waals surface area contributed by atoms with Gasteiger partial charge in [0.05, 0.1) is 11.7 Å². The van der Waals surface area contributed by atoms with Crippen molar-refractivity contribution in [2.45, 2.75) is 82.3 Å². The maximum atomic E-state index is 10.8. The highest BCUT2D eigenvalue weighted by Gasteiger charge is 2.44. The van der Waals surface area contributed by atoms with E-state index in [2.05, 4.69) is 0 Å². The lowest BCUT2D eigenvalue weighted by Gasteiger charge is -2.38. The summed E-state index contributed by atoms with van der Waals surface area (Å²) in [6.45, 7) is 0. The Bertz CT molecular complexity index is 294. The summed E-state index contributed by atoms with van der Waals surface area (Å²) < 4.78 is 5.86. The fraction of sp³-hybridized carbons (Fsp3) is 1.00. The van der Waals surface area contributed by atoms with Gasteiger partial charge in [0.25, 0.3) is 0 Å². The topological polar surface area (TPSA) is 29.5 Å². The van der Waals surface area contributed by atoms with Gasteiger partial charge >= 0.3 is 0 Å². The second kappa shape index (κ2) is 5.73. The van der Waals surface area contributed by atoms with Crippen LogP contribution in [0.15, 0.2) is 0 Å². The van der Waals surface area contributed by atoms with E-state index in [4.69, 9.17) is 4.74 Å². The normalized spacial score (nSPS) is 39.2. The molecule has 0 aromatic carbocycles. The molecule has 3 aliphatic rings. The number of methoxy groups -OCH3 is 1. The van der Waals surface area contributed by atoms with E-state index in [1.54, 1.807) is 0 Å². The van der Waals surface area contributed by atoms with E-state index < -0.39 is 0 Å². The Hall–Kier alpha value is -0.0800. The van der Waals surface area contributed by atoms with Gasteiger partial charge in [0, 0.05) is 7.11 Å². The monoisotopic (exact) mass is 266 g/mol. The molecule has 2 bridgehead atoms. The summed E-state index contributed by atoms with van der Waals surface area (Å²) in [5.41, 5.74) is -0.224. The van der Waals surface area contributed by atoms with Crippen LogP contribution < -0.4 is 0 Å². The van der Waals surface area contributed by atoms with Crippen LogP contribution in [0.1, 0.15) is 70.6 Å². The van der Waals surface area contributed by atoms with Crippen LogP contribution in [0, 0.1) is 17.8 Å². The summed E-state index contributed by atoms with van der Waals surface area (Å²) in [5.74, 6) is 2.68. The fourth-order valence-corrected chi connectivity index (χ4v) is 5.17. The average molecular weight is 266 g/mol. The molecule has 4 unspecified atom stereocenters. The standard InChI is InChI=1S/C17H30O2/c1-19-17(8-4-2-3-5-9-17)16(18)12-15-11-13-6-7-14(15)10-13/h13-16,18H,2-12H2,1H3. The molecule has 3 saturated carbocycles. The van der Waals surface area contributed by atoms with Crippen molar-refractivity contribution in [1.82, 2.24) is 0 Å². The molecule has 19 heavy (non-hydrogen) atoms. The van der Waals surface area contributed by atoms with E-state index in [0.29, 0.717) is 0 Å².